The lowest BCUT2D eigenvalue weighted by Gasteiger charge is -2.27. The van der Waals surface area contributed by atoms with Gasteiger partial charge in [-0.1, -0.05) is 78.9 Å². The SMILES string of the molecule is c1ccc(Oc2cccc(C[P+](c3ccccc3)(c3ccccc3)c3ccccc3)n2)cc1. The zero-order valence-electron chi connectivity index (χ0n) is 18.3. The molecule has 0 atom stereocenters. The summed E-state index contributed by atoms with van der Waals surface area (Å²) in [7, 11) is -2.00. The highest BCUT2D eigenvalue weighted by molar-refractivity contribution is 7.95. The summed E-state index contributed by atoms with van der Waals surface area (Å²) in [6.07, 6.45) is 0.816. The molecule has 33 heavy (non-hydrogen) atoms. The zero-order chi connectivity index (χ0) is 22.3. The van der Waals surface area contributed by atoms with Crippen LogP contribution in [-0.4, -0.2) is 4.98 Å². The molecule has 0 aliphatic carbocycles. The van der Waals surface area contributed by atoms with E-state index >= 15 is 0 Å². The molecule has 0 fully saturated rings. The van der Waals surface area contributed by atoms with E-state index in [2.05, 4.69) is 97.1 Å². The molecule has 0 bridgehead atoms. The highest BCUT2D eigenvalue weighted by Gasteiger charge is 2.45. The molecule has 1 heterocycles. The first-order chi connectivity index (χ1) is 16.3. The Kier molecular flexibility index (Phi) is 6.28. The van der Waals surface area contributed by atoms with Crippen LogP contribution in [0.25, 0.3) is 0 Å². The highest BCUT2D eigenvalue weighted by Crippen LogP contribution is 2.57. The Morgan fingerprint density at radius 1 is 0.485 bits per heavy atom. The zero-order valence-corrected chi connectivity index (χ0v) is 19.2. The van der Waals surface area contributed by atoms with E-state index in [0.717, 1.165) is 17.6 Å². The van der Waals surface area contributed by atoms with Gasteiger partial charge >= 0.3 is 0 Å². The summed E-state index contributed by atoms with van der Waals surface area (Å²) in [4.78, 5) is 4.93. The van der Waals surface area contributed by atoms with Crippen LogP contribution in [0.3, 0.4) is 0 Å². The van der Waals surface area contributed by atoms with Gasteiger partial charge in [0.25, 0.3) is 0 Å². The summed E-state index contributed by atoms with van der Waals surface area (Å²) < 4.78 is 6.05. The Bertz CT molecular complexity index is 1200. The summed E-state index contributed by atoms with van der Waals surface area (Å²) in [5.41, 5.74) is 1.02. The number of ether oxygens (including phenoxy) is 1. The molecule has 0 unspecified atom stereocenters. The minimum atomic E-state index is -2.00. The fourth-order valence-electron chi connectivity index (χ4n) is 4.22. The lowest BCUT2D eigenvalue weighted by molar-refractivity contribution is 0.461. The first kappa shape index (κ1) is 21.1. The van der Waals surface area contributed by atoms with Gasteiger partial charge in [0.1, 0.15) is 35.1 Å². The fourth-order valence-corrected chi connectivity index (χ4v) is 8.37. The average Bonchev–Trinajstić information content (AvgIpc) is 2.90. The maximum absolute atomic E-state index is 6.05. The summed E-state index contributed by atoms with van der Waals surface area (Å²) in [5, 5.41) is 4.04. The van der Waals surface area contributed by atoms with Crippen molar-refractivity contribution in [3.05, 3.63) is 145 Å². The predicted molar refractivity (Wildman–Crippen MR) is 140 cm³/mol. The normalized spacial score (nSPS) is 11.2. The molecule has 160 valence electrons. The van der Waals surface area contributed by atoms with Gasteiger partial charge < -0.3 is 4.74 Å². The van der Waals surface area contributed by atoms with Crippen molar-refractivity contribution in [1.29, 1.82) is 0 Å². The molecule has 0 spiro atoms. The molecule has 0 saturated heterocycles. The molecular formula is C30H25NOP+. The Morgan fingerprint density at radius 2 is 0.939 bits per heavy atom. The molecule has 1 aromatic heterocycles. The number of rotatable bonds is 7. The van der Waals surface area contributed by atoms with Gasteiger partial charge in [-0.3, -0.25) is 0 Å². The van der Waals surface area contributed by atoms with Crippen molar-refractivity contribution >= 4 is 23.2 Å². The van der Waals surface area contributed by atoms with E-state index in [-0.39, 0.29) is 0 Å². The van der Waals surface area contributed by atoms with Crippen LogP contribution in [0.1, 0.15) is 5.69 Å². The summed E-state index contributed by atoms with van der Waals surface area (Å²) >= 11 is 0. The predicted octanol–water partition coefficient (Wildman–Crippen LogP) is 6.37. The number of aromatic nitrogens is 1. The Balaban J connectivity index is 1.64. The van der Waals surface area contributed by atoms with Crippen LogP contribution in [0.5, 0.6) is 11.6 Å². The van der Waals surface area contributed by atoms with Crippen molar-refractivity contribution in [1.82, 2.24) is 4.98 Å². The monoisotopic (exact) mass is 446 g/mol. The van der Waals surface area contributed by atoms with E-state index in [1.165, 1.54) is 15.9 Å². The third-order valence-electron chi connectivity index (χ3n) is 5.74. The number of pyridine rings is 1. The molecule has 3 heteroatoms. The van der Waals surface area contributed by atoms with Crippen molar-refractivity contribution in [2.45, 2.75) is 6.16 Å². The van der Waals surface area contributed by atoms with Crippen LogP contribution in [-0.2, 0) is 6.16 Å². The minimum Gasteiger partial charge on any atom is -0.439 e. The first-order valence-corrected chi connectivity index (χ1v) is 13.1. The van der Waals surface area contributed by atoms with E-state index in [0.29, 0.717) is 5.88 Å². The van der Waals surface area contributed by atoms with Gasteiger partial charge in [-0.05, 0) is 54.6 Å². The molecule has 5 rings (SSSR count). The standard InChI is InChI=1S/C30H25NOP/c1-5-15-26(16-6-1)32-30-23-13-14-25(31-30)24-33(27-17-7-2-8-18-27,28-19-9-3-10-20-28)29-21-11-4-12-22-29/h1-23H,24H2/q+1. The van der Waals surface area contributed by atoms with Crippen molar-refractivity contribution < 1.29 is 4.74 Å². The number of nitrogens with zero attached hydrogens (tertiary/aromatic N) is 1. The largest absolute Gasteiger partial charge is 0.439 e. The van der Waals surface area contributed by atoms with Crippen molar-refractivity contribution in [3.8, 4) is 11.6 Å². The second-order valence-corrected chi connectivity index (χ2v) is 11.3. The van der Waals surface area contributed by atoms with Gasteiger partial charge in [0.2, 0.25) is 5.88 Å². The molecule has 0 radical (unpaired) electrons. The van der Waals surface area contributed by atoms with Gasteiger partial charge in [-0.15, -0.1) is 0 Å². The van der Waals surface area contributed by atoms with E-state index in [9.17, 15) is 0 Å². The van der Waals surface area contributed by atoms with E-state index in [4.69, 9.17) is 9.72 Å². The van der Waals surface area contributed by atoms with Crippen LogP contribution < -0.4 is 20.7 Å². The van der Waals surface area contributed by atoms with E-state index in [1.54, 1.807) is 0 Å². The topological polar surface area (TPSA) is 22.1 Å². The number of hydrogen-bond donors (Lipinski definition) is 0. The second-order valence-electron chi connectivity index (χ2n) is 7.86. The van der Waals surface area contributed by atoms with Gasteiger partial charge in [-0.2, -0.15) is 0 Å². The highest BCUT2D eigenvalue weighted by atomic mass is 31.2. The molecule has 0 amide bonds. The van der Waals surface area contributed by atoms with Crippen LogP contribution in [0.2, 0.25) is 0 Å². The lowest BCUT2D eigenvalue weighted by Crippen LogP contribution is -2.32. The summed E-state index contributed by atoms with van der Waals surface area (Å²) in [6, 6.07) is 48.5. The van der Waals surface area contributed by atoms with Crippen LogP contribution in [0, 0.1) is 0 Å². The average molecular weight is 447 g/mol. The quantitative estimate of drug-likeness (QED) is 0.271. The minimum absolute atomic E-state index is 0.617. The van der Waals surface area contributed by atoms with Gasteiger partial charge in [0, 0.05) is 6.07 Å². The molecular weight excluding hydrogens is 421 g/mol. The smallest absolute Gasteiger partial charge is 0.219 e. The maximum Gasteiger partial charge on any atom is 0.219 e. The molecule has 5 aromatic rings. The molecule has 0 aliphatic heterocycles. The van der Waals surface area contributed by atoms with Crippen LogP contribution >= 0.6 is 7.26 Å². The maximum atomic E-state index is 6.05. The van der Waals surface area contributed by atoms with E-state index < -0.39 is 7.26 Å². The molecule has 0 aliphatic rings. The fraction of sp³-hybridized carbons (Fsp3) is 0.0333. The Hall–Kier alpha value is -3.74. The Labute approximate surface area is 195 Å². The van der Waals surface area contributed by atoms with Crippen molar-refractivity contribution in [2.75, 3.05) is 0 Å². The lowest BCUT2D eigenvalue weighted by atomic mass is 10.3. The molecule has 2 nitrogen and oxygen atoms in total. The number of para-hydroxylation sites is 1. The van der Waals surface area contributed by atoms with Gasteiger partial charge in [-0.25, -0.2) is 4.98 Å². The first-order valence-electron chi connectivity index (χ1n) is 11.1. The van der Waals surface area contributed by atoms with Gasteiger partial charge in [0.15, 0.2) is 0 Å². The molecule has 0 saturated carbocycles. The second kappa shape index (κ2) is 9.81. The van der Waals surface area contributed by atoms with Gasteiger partial charge in [0.05, 0.1) is 5.69 Å². The third kappa shape index (κ3) is 4.58. The summed E-state index contributed by atoms with van der Waals surface area (Å²) in [5.74, 6) is 1.41. The van der Waals surface area contributed by atoms with Crippen molar-refractivity contribution in [2.24, 2.45) is 0 Å². The summed E-state index contributed by atoms with van der Waals surface area (Å²) in [6.45, 7) is 0. The number of benzene rings is 4. The van der Waals surface area contributed by atoms with Crippen molar-refractivity contribution in [3.63, 3.8) is 0 Å². The Morgan fingerprint density at radius 3 is 1.42 bits per heavy atom. The van der Waals surface area contributed by atoms with Crippen LogP contribution in [0.4, 0.5) is 0 Å². The number of hydrogen-bond acceptors (Lipinski definition) is 2. The van der Waals surface area contributed by atoms with Crippen LogP contribution in [0.15, 0.2) is 140 Å². The molecule has 4 aromatic carbocycles. The third-order valence-corrected chi connectivity index (χ3v) is 10.1. The van der Waals surface area contributed by atoms with E-state index in [1.807, 2.05) is 42.5 Å². The molecule has 0 N–H and O–H groups in total.